The largest absolute Gasteiger partial charge is 0.341 e. The third-order valence-corrected chi connectivity index (χ3v) is 5.79. The smallest absolute Gasteiger partial charge is 0.227 e. The minimum atomic E-state index is 0. The molecule has 3 rings (SSSR count). The molecule has 0 aromatic rings. The Balaban J connectivity index is 0.00000144. The summed E-state index contributed by atoms with van der Waals surface area (Å²) in [5.41, 5.74) is 0. The van der Waals surface area contributed by atoms with E-state index in [1.54, 1.807) is 0 Å². The summed E-state index contributed by atoms with van der Waals surface area (Å²) >= 11 is 0. The highest BCUT2D eigenvalue weighted by atomic mass is 35.5. The number of nitrogens with one attached hydrogen (secondary N) is 1. The Morgan fingerprint density at radius 3 is 2.38 bits per heavy atom. The third-order valence-electron chi connectivity index (χ3n) is 5.79. The molecule has 2 heterocycles. The molecule has 0 radical (unpaired) electrons. The first-order chi connectivity index (χ1) is 10.8. The topological polar surface area (TPSA) is 35.6 Å². The van der Waals surface area contributed by atoms with E-state index in [9.17, 15) is 4.79 Å². The average molecular weight is 380 g/mol. The SMILES string of the molecule is Cl.Cl.O=C(C1CCCNC1)N1CCCN(CC2CCCCC2)CC1. The van der Waals surface area contributed by atoms with Gasteiger partial charge >= 0.3 is 0 Å². The van der Waals surface area contributed by atoms with E-state index in [4.69, 9.17) is 0 Å². The van der Waals surface area contributed by atoms with Gasteiger partial charge in [-0.3, -0.25) is 4.79 Å². The van der Waals surface area contributed by atoms with Crippen LogP contribution in [0.3, 0.4) is 0 Å². The normalized spacial score (nSPS) is 26.8. The van der Waals surface area contributed by atoms with Gasteiger partial charge in [0.05, 0.1) is 5.92 Å². The zero-order chi connectivity index (χ0) is 15.2. The minimum absolute atomic E-state index is 0. The number of halogens is 2. The average Bonchev–Trinajstić information content (AvgIpc) is 2.82. The standard InChI is InChI=1S/C18H33N3O.2ClH/c22-18(17-8-4-9-19-14-17)21-11-5-10-20(12-13-21)15-16-6-2-1-3-7-16;;/h16-17,19H,1-15H2;2*1H. The van der Waals surface area contributed by atoms with E-state index in [2.05, 4.69) is 15.1 Å². The molecule has 1 aliphatic carbocycles. The number of hydrogen-bond donors (Lipinski definition) is 1. The molecule has 1 saturated carbocycles. The molecule has 2 saturated heterocycles. The zero-order valence-electron chi connectivity index (χ0n) is 14.9. The molecule has 0 spiro atoms. The second-order valence-electron chi connectivity index (χ2n) is 7.53. The lowest BCUT2D eigenvalue weighted by molar-refractivity contribution is -0.135. The molecule has 3 aliphatic rings. The Kier molecular flexibility index (Phi) is 10.6. The van der Waals surface area contributed by atoms with Crippen molar-refractivity contribution < 1.29 is 4.79 Å². The van der Waals surface area contributed by atoms with Crippen LogP contribution in [-0.2, 0) is 4.79 Å². The fraction of sp³-hybridized carbons (Fsp3) is 0.944. The molecular formula is C18H35Cl2N3O. The molecule has 4 nitrogen and oxygen atoms in total. The van der Waals surface area contributed by atoms with Crippen LogP contribution in [-0.4, -0.2) is 61.5 Å². The van der Waals surface area contributed by atoms with E-state index in [1.807, 2.05) is 0 Å². The van der Waals surface area contributed by atoms with E-state index >= 15 is 0 Å². The number of carbonyl (C=O) groups is 1. The molecule has 0 aromatic heterocycles. The van der Waals surface area contributed by atoms with Crippen LogP contribution in [0.4, 0.5) is 0 Å². The fourth-order valence-electron chi connectivity index (χ4n) is 4.43. The monoisotopic (exact) mass is 379 g/mol. The highest BCUT2D eigenvalue weighted by molar-refractivity contribution is 5.85. The maximum Gasteiger partial charge on any atom is 0.227 e. The first-order valence-corrected chi connectivity index (χ1v) is 9.55. The summed E-state index contributed by atoms with van der Waals surface area (Å²) in [6, 6.07) is 0. The Bertz CT molecular complexity index is 358. The number of nitrogens with zero attached hydrogens (tertiary/aromatic N) is 2. The molecule has 1 atom stereocenters. The molecule has 6 heteroatoms. The number of amides is 1. The molecule has 1 N–H and O–H groups in total. The maximum absolute atomic E-state index is 12.7. The Morgan fingerprint density at radius 1 is 0.875 bits per heavy atom. The van der Waals surface area contributed by atoms with Gasteiger partial charge in [0.25, 0.3) is 0 Å². The molecule has 0 bridgehead atoms. The van der Waals surface area contributed by atoms with Gasteiger partial charge in [0.1, 0.15) is 0 Å². The van der Waals surface area contributed by atoms with Gasteiger partial charge in [0.2, 0.25) is 5.91 Å². The van der Waals surface area contributed by atoms with Crippen LogP contribution < -0.4 is 5.32 Å². The zero-order valence-corrected chi connectivity index (χ0v) is 16.5. The van der Waals surface area contributed by atoms with Crippen molar-refractivity contribution in [2.45, 2.75) is 51.4 Å². The van der Waals surface area contributed by atoms with Crippen LogP contribution in [0.5, 0.6) is 0 Å². The van der Waals surface area contributed by atoms with E-state index in [0.717, 1.165) is 57.9 Å². The van der Waals surface area contributed by atoms with Gasteiger partial charge in [-0.25, -0.2) is 0 Å². The molecule has 1 unspecified atom stereocenters. The lowest BCUT2D eigenvalue weighted by Gasteiger charge is -2.30. The Morgan fingerprint density at radius 2 is 1.67 bits per heavy atom. The number of rotatable bonds is 3. The van der Waals surface area contributed by atoms with Gasteiger partial charge in [-0.2, -0.15) is 0 Å². The summed E-state index contributed by atoms with van der Waals surface area (Å²) in [7, 11) is 0. The first-order valence-electron chi connectivity index (χ1n) is 9.55. The predicted molar refractivity (Wildman–Crippen MR) is 104 cm³/mol. The van der Waals surface area contributed by atoms with Gasteiger partial charge in [-0.1, -0.05) is 19.3 Å². The van der Waals surface area contributed by atoms with Crippen LogP contribution in [0, 0.1) is 11.8 Å². The summed E-state index contributed by atoms with van der Waals surface area (Å²) < 4.78 is 0. The highest BCUT2D eigenvalue weighted by Gasteiger charge is 2.27. The van der Waals surface area contributed by atoms with Crippen molar-refractivity contribution in [3.8, 4) is 0 Å². The van der Waals surface area contributed by atoms with Crippen molar-refractivity contribution in [1.29, 1.82) is 0 Å². The molecule has 2 aliphatic heterocycles. The van der Waals surface area contributed by atoms with Gasteiger partial charge in [0.15, 0.2) is 0 Å². The molecule has 0 aromatic carbocycles. The van der Waals surface area contributed by atoms with Crippen molar-refractivity contribution in [3.63, 3.8) is 0 Å². The van der Waals surface area contributed by atoms with E-state index in [0.29, 0.717) is 5.91 Å². The third kappa shape index (κ3) is 6.36. The van der Waals surface area contributed by atoms with Gasteiger partial charge in [0, 0.05) is 32.7 Å². The fourth-order valence-corrected chi connectivity index (χ4v) is 4.43. The van der Waals surface area contributed by atoms with Crippen LogP contribution in [0.25, 0.3) is 0 Å². The van der Waals surface area contributed by atoms with Crippen molar-refractivity contribution >= 4 is 30.7 Å². The number of carbonyl (C=O) groups excluding carboxylic acids is 1. The van der Waals surface area contributed by atoms with Gasteiger partial charge in [-0.05, 0) is 51.1 Å². The molecule has 3 fully saturated rings. The van der Waals surface area contributed by atoms with Crippen LogP contribution in [0.1, 0.15) is 51.4 Å². The summed E-state index contributed by atoms with van der Waals surface area (Å²) in [5, 5.41) is 3.38. The Hall–Kier alpha value is -0.0300. The second kappa shape index (κ2) is 11.6. The van der Waals surface area contributed by atoms with E-state index in [1.165, 1.54) is 45.2 Å². The van der Waals surface area contributed by atoms with Gasteiger partial charge < -0.3 is 15.1 Å². The lowest BCUT2D eigenvalue weighted by Crippen LogP contribution is -2.44. The summed E-state index contributed by atoms with van der Waals surface area (Å²) in [6.45, 7) is 7.43. The van der Waals surface area contributed by atoms with E-state index < -0.39 is 0 Å². The first kappa shape index (κ1) is 22.0. The van der Waals surface area contributed by atoms with Crippen molar-refractivity contribution in [2.75, 3.05) is 45.8 Å². The van der Waals surface area contributed by atoms with E-state index in [-0.39, 0.29) is 30.7 Å². The summed E-state index contributed by atoms with van der Waals surface area (Å²) in [5.74, 6) is 1.56. The number of hydrogen-bond acceptors (Lipinski definition) is 3. The van der Waals surface area contributed by atoms with Crippen molar-refractivity contribution in [3.05, 3.63) is 0 Å². The van der Waals surface area contributed by atoms with Crippen molar-refractivity contribution in [2.24, 2.45) is 11.8 Å². The molecule has 1 amide bonds. The quantitative estimate of drug-likeness (QED) is 0.818. The molecule has 24 heavy (non-hydrogen) atoms. The highest BCUT2D eigenvalue weighted by Crippen LogP contribution is 2.25. The molecule has 142 valence electrons. The van der Waals surface area contributed by atoms with Crippen molar-refractivity contribution in [1.82, 2.24) is 15.1 Å². The van der Waals surface area contributed by atoms with Crippen LogP contribution >= 0.6 is 24.8 Å². The van der Waals surface area contributed by atoms with Crippen LogP contribution in [0.2, 0.25) is 0 Å². The minimum Gasteiger partial charge on any atom is -0.341 e. The lowest BCUT2D eigenvalue weighted by atomic mass is 9.89. The number of piperidine rings is 1. The second-order valence-corrected chi connectivity index (χ2v) is 7.53. The van der Waals surface area contributed by atoms with Gasteiger partial charge in [-0.15, -0.1) is 24.8 Å². The molecular weight excluding hydrogens is 345 g/mol. The maximum atomic E-state index is 12.7. The summed E-state index contributed by atoms with van der Waals surface area (Å²) in [4.78, 5) is 17.4. The van der Waals surface area contributed by atoms with Crippen LogP contribution in [0.15, 0.2) is 0 Å². The Labute approximate surface area is 159 Å². The summed E-state index contributed by atoms with van der Waals surface area (Å²) in [6.07, 6.45) is 10.5. The predicted octanol–water partition coefficient (Wildman–Crippen LogP) is 2.94.